The van der Waals surface area contributed by atoms with E-state index in [1.165, 1.54) is 16.4 Å². The van der Waals surface area contributed by atoms with Gasteiger partial charge < -0.3 is 18.9 Å². The number of carbonyl (C=O) groups is 1. The van der Waals surface area contributed by atoms with E-state index in [2.05, 4.69) is 0 Å². The number of aromatic nitrogens is 1. The summed E-state index contributed by atoms with van der Waals surface area (Å²) in [7, 11) is -3.65. The number of nitrogens with zero attached hydrogens (tertiary/aromatic N) is 2. The number of hydrogen-bond acceptors (Lipinski definition) is 8. The van der Waals surface area contributed by atoms with Crippen molar-refractivity contribution >= 4 is 27.9 Å². The van der Waals surface area contributed by atoms with Crippen LogP contribution in [0.4, 0.5) is 10.2 Å². The number of hydrogen-bond donors (Lipinski definition) is 0. The van der Waals surface area contributed by atoms with Gasteiger partial charge in [-0.2, -0.15) is 0 Å². The first-order valence-electron chi connectivity index (χ1n) is 14.6. The van der Waals surface area contributed by atoms with E-state index in [-0.39, 0.29) is 43.9 Å². The van der Waals surface area contributed by atoms with Gasteiger partial charge in [0.2, 0.25) is 10.0 Å². The zero-order valence-corrected chi connectivity index (χ0v) is 27.1. The van der Waals surface area contributed by atoms with Crippen LogP contribution in [0.5, 0.6) is 0 Å². The fraction of sp³-hybridized carbons (Fsp3) is 0.562. The Morgan fingerprint density at radius 2 is 1.88 bits per heavy atom. The predicted molar refractivity (Wildman–Crippen MR) is 164 cm³/mol. The fourth-order valence-electron chi connectivity index (χ4n) is 5.46. The van der Waals surface area contributed by atoms with Gasteiger partial charge in [-0.1, -0.05) is 38.1 Å². The summed E-state index contributed by atoms with van der Waals surface area (Å²) in [6, 6.07) is 6.10. The summed E-state index contributed by atoms with van der Waals surface area (Å²) in [4.78, 5) is 17.5. The third-order valence-corrected chi connectivity index (χ3v) is 8.17. The summed E-state index contributed by atoms with van der Waals surface area (Å²) in [5.41, 5.74) is 2.87. The van der Waals surface area contributed by atoms with Crippen LogP contribution < -0.4 is 4.31 Å². The number of halogens is 1. The van der Waals surface area contributed by atoms with E-state index in [0.29, 0.717) is 29.1 Å². The van der Waals surface area contributed by atoms with Gasteiger partial charge in [-0.05, 0) is 63.8 Å². The molecule has 0 saturated carbocycles. The standard InChI is InChI=1S/C32H43FN2O7S/c1-20(2)29-25(14-13-23-17-24(41-32(6,7)40-23)18-27(36)42-31(3,4)5)28(21-9-11-22(33)12-10-21)26-19-39-16-15-35(30(26)34-29)43(8,37)38/h9-14,20,23-24H,15-19H2,1-8H3/b14-13+/t23-,24-/m1/s1. The van der Waals surface area contributed by atoms with E-state index in [1.54, 1.807) is 26.0 Å². The van der Waals surface area contributed by atoms with Crippen molar-refractivity contribution in [3.8, 4) is 11.1 Å². The van der Waals surface area contributed by atoms with Crippen molar-refractivity contribution in [1.29, 1.82) is 0 Å². The molecule has 2 atom stereocenters. The number of rotatable bonds is 7. The molecule has 0 bridgehead atoms. The lowest BCUT2D eigenvalue weighted by atomic mass is 9.90. The molecule has 4 rings (SSSR count). The lowest BCUT2D eigenvalue weighted by molar-refractivity contribution is -0.290. The van der Waals surface area contributed by atoms with Crippen LogP contribution in [-0.2, 0) is 40.4 Å². The van der Waals surface area contributed by atoms with Crippen LogP contribution in [0.25, 0.3) is 17.2 Å². The lowest BCUT2D eigenvalue weighted by Gasteiger charge is -2.40. The Balaban J connectivity index is 1.82. The minimum atomic E-state index is -3.65. The Hall–Kier alpha value is -2.86. The average Bonchev–Trinajstić information content (AvgIpc) is 3.07. The van der Waals surface area contributed by atoms with Crippen molar-refractivity contribution in [2.75, 3.05) is 23.7 Å². The number of fused-ring (bicyclic) bond motifs is 1. The van der Waals surface area contributed by atoms with Crippen molar-refractivity contribution in [3.63, 3.8) is 0 Å². The number of esters is 1. The maximum absolute atomic E-state index is 14.0. The molecule has 2 aliphatic rings. The van der Waals surface area contributed by atoms with Crippen LogP contribution >= 0.6 is 0 Å². The van der Waals surface area contributed by atoms with Crippen LogP contribution in [0.1, 0.15) is 84.0 Å². The molecule has 1 aromatic carbocycles. The number of sulfonamides is 1. The largest absolute Gasteiger partial charge is 0.460 e. The lowest BCUT2D eigenvalue weighted by Crippen LogP contribution is -2.45. The molecule has 0 amide bonds. The molecular formula is C32H43FN2O7S. The number of pyridine rings is 1. The molecular weight excluding hydrogens is 575 g/mol. The first kappa shape index (κ1) is 33.0. The molecule has 0 aliphatic carbocycles. The molecule has 1 saturated heterocycles. The molecule has 43 heavy (non-hydrogen) atoms. The van der Waals surface area contributed by atoms with Crippen molar-refractivity contribution < 1.29 is 36.6 Å². The van der Waals surface area contributed by atoms with Crippen LogP contribution in [0.15, 0.2) is 30.3 Å². The molecule has 2 aliphatic heterocycles. The van der Waals surface area contributed by atoms with Gasteiger partial charge in [-0.3, -0.25) is 9.10 Å². The Kier molecular flexibility index (Phi) is 9.71. The highest BCUT2D eigenvalue weighted by Crippen LogP contribution is 2.41. The molecule has 3 heterocycles. The molecule has 0 unspecified atom stereocenters. The Morgan fingerprint density at radius 1 is 1.21 bits per heavy atom. The zero-order valence-electron chi connectivity index (χ0n) is 26.3. The second kappa shape index (κ2) is 12.6. The molecule has 0 spiro atoms. The molecule has 236 valence electrons. The number of carbonyl (C=O) groups excluding carboxylic acids is 1. The highest BCUT2D eigenvalue weighted by Gasteiger charge is 2.37. The van der Waals surface area contributed by atoms with E-state index >= 15 is 0 Å². The normalized spacial score (nSPS) is 21.1. The molecule has 9 nitrogen and oxygen atoms in total. The topological polar surface area (TPSA) is 104 Å². The predicted octanol–water partition coefficient (Wildman–Crippen LogP) is 5.96. The quantitative estimate of drug-likeness (QED) is 0.350. The van der Waals surface area contributed by atoms with Crippen molar-refractivity contribution in [2.45, 2.75) is 97.4 Å². The SMILES string of the molecule is CC(C)c1nc2c(c(-c3ccc(F)cc3)c1/C=C/[C@@H]1C[C@H](CC(=O)OC(C)(C)C)OC(C)(C)O1)COCCN2S(C)(=O)=O. The number of anilines is 1. The third-order valence-electron chi connectivity index (χ3n) is 7.02. The summed E-state index contributed by atoms with van der Waals surface area (Å²) < 4.78 is 64.6. The minimum Gasteiger partial charge on any atom is -0.460 e. The van der Waals surface area contributed by atoms with Gasteiger partial charge in [0, 0.05) is 17.5 Å². The number of ether oxygens (including phenoxy) is 4. The van der Waals surface area contributed by atoms with Crippen LogP contribution in [0, 0.1) is 5.82 Å². The van der Waals surface area contributed by atoms with Gasteiger partial charge in [0.05, 0.1) is 50.3 Å². The van der Waals surface area contributed by atoms with E-state index in [4.69, 9.17) is 23.9 Å². The number of benzene rings is 1. The zero-order chi connectivity index (χ0) is 31.7. The van der Waals surface area contributed by atoms with Gasteiger partial charge >= 0.3 is 5.97 Å². The van der Waals surface area contributed by atoms with Crippen molar-refractivity contribution in [3.05, 3.63) is 53.0 Å². The van der Waals surface area contributed by atoms with Crippen molar-refractivity contribution in [2.24, 2.45) is 0 Å². The smallest absolute Gasteiger partial charge is 0.308 e. The Bertz CT molecular complexity index is 1460. The van der Waals surface area contributed by atoms with Gasteiger partial charge in [0.15, 0.2) is 5.79 Å². The molecule has 2 aromatic rings. The van der Waals surface area contributed by atoms with Crippen LogP contribution in [0.2, 0.25) is 0 Å². The second-order valence-corrected chi connectivity index (χ2v) is 14.7. The monoisotopic (exact) mass is 618 g/mol. The van der Waals surface area contributed by atoms with Crippen molar-refractivity contribution in [1.82, 2.24) is 4.98 Å². The highest BCUT2D eigenvalue weighted by molar-refractivity contribution is 7.92. The highest BCUT2D eigenvalue weighted by atomic mass is 32.2. The fourth-order valence-corrected chi connectivity index (χ4v) is 6.33. The summed E-state index contributed by atoms with van der Waals surface area (Å²) in [6.45, 7) is 13.5. The van der Waals surface area contributed by atoms with Gasteiger partial charge in [-0.25, -0.2) is 17.8 Å². The molecule has 0 radical (unpaired) electrons. The molecule has 1 aromatic heterocycles. The molecule has 11 heteroatoms. The minimum absolute atomic E-state index is 0.0818. The first-order chi connectivity index (χ1) is 19.9. The Morgan fingerprint density at radius 3 is 2.49 bits per heavy atom. The first-order valence-corrected chi connectivity index (χ1v) is 16.4. The molecule has 1 fully saturated rings. The summed E-state index contributed by atoms with van der Waals surface area (Å²) in [6.07, 6.45) is 4.68. The third kappa shape index (κ3) is 8.41. The summed E-state index contributed by atoms with van der Waals surface area (Å²) in [5, 5.41) is 0. The summed E-state index contributed by atoms with van der Waals surface area (Å²) in [5.74, 6) is -1.43. The van der Waals surface area contributed by atoms with E-state index < -0.39 is 33.6 Å². The maximum Gasteiger partial charge on any atom is 0.308 e. The van der Waals surface area contributed by atoms with E-state index in [1.807, 2.05) is 46.8 Å². The van der Waals surface area contributed by atoms with E-state index in [9.17, 15) is 17.6 Å². The Labute approximate surface area is 254 Å². The van der Waals surface area contributed by atoms with Crippen LogP contribution in [-0.4, -0.2) is 62.4 Å². The molecule has 0 N–H and O–H groups in total. The average molecular weight is 619 g/mol. The van der Waals surface area contributed by atoms with E-state index in [0.717, 1.165) is 17.4 Å². The van der Waals surface area contributed by atoms with Gasteiger partial charge in [-0.15, -0.1) is 0 Å². The van der Waals surface area contributed by atoms with Crippen LogP contribution in [0.3, 0.4) is 0 Å². The summed E-state index contributed by atoms with van der Waals surface area (Å²) >= 11 is 0. The maximum atomic E-state index is 14.0. The second-order valence-electron chi connectivity index (χ2n) is 12.8. The van der Waals surface area contributed by atoms with Gasteiger partial charge in [0.1, 0.15) is 17.2 Å². The van der Waals surface area contributed by atoms with Gasteiger partial charge in [0.25, 0.3) is 0 Å².